The van der Waals surface area contributed by atoms with Crippen molar-refractivity contribution in [2.75, 3.05) is 11.4 Å². The van der Waals surface area contributed by atoms with Crippen LogP contribution in [0.25, 0.3) is 0 Å². The van der Waals surface area contributed by atoms with Crippen molar-refractivity contribution in [2.24, 2.45) is 0 Å². The third kappa shape index (κ3) is 4.10. The van der Waals surface area contributed by atoms with Crippen LogP contribution in [0.3, 0.4) is 0 Å². The highest BCUT2D eigenvalue weighted by Gasteiger charge is 2.33. The normalized spacial score (nSPS) is 12.7. The van der Waals surface area contributed by atoms with Crippen LogP contribution in [-0.4, -0.2) is 38.3 Å². The number of carboxylic acids is 1. The minimum atomic E-state index is -4.58. The standard InChI is InChI=1S/C11H14NO6P/c1-2-10(19(16,17)18)12(7-11(14)15)8-3-5-9(13)6-4-8/h2-6,10,13H,1,7H2,(H,14,15)(H2,16,17,18). The lowest BCUT2D eigenvalue weighted by Crippen LogP contribution is -2.38. The molecule has 0 saturated heterocycles. The predicted octanol–water partition coefficient (Wildman–Crippen LogP) is 0.973. The van der Waals surface area contributed by atoms with E-state index in [9.17, 15) is 19.1 Å². The highest BCUT2D eigenvalue weighted by molar-refractivity contribution is 7.53. The van der Waals surface area contributed by atoms with Crippen molar-refractivity contribution >= 4 is 19.3 Å². The molecule has 1 aromatic carbocycles. The van der Waals surface area contributed by atoms with Crippen molar-refractivity contribution in [1.29, 1.82) is 0 Å². The summed E-state index contributed by atoms with van der Waals surface area (Å²) < 4.78 is 11.4. The maximum absolute atomic E-state index is 11.4. The quantitative estimate of drug-likeness (QED) is 0.454. The maximum atomic E-state index is 11.4. The molecule has 0 aliphatic carbocycles. The van der Waals surface area contributed by atoms with Gasteiger partial charge in [-0.2, -0.15) is 0 Å². The zero-order valence-electron chi connectivity index (χ0n) is 9.88. The zero-order chi connectivity index (χ0) is 14.6. The first-order valence-corrected chi connectivity index (χ1v) is 6.89. The molecule has 0 aliphatic heterocycles. The van der Waals surface area contributed by atoms with Gasteiger partial charge in [0.25, 0.3) is 0 Å². The molecule has 1 atom stereocenters. The van der Waals surface area contributed by atoms with Crippen LogP contribution in [0.2, 0.25) is 0 Å². The molecule has 0 heterocycles. The molecular weight excluding hydrogens is 273 g/mol. The summed E-state index contributed by atoms with van der Waals surface area (Å²) in [6.45, 7) is 2.72. The van der Waals surface area contributed by atoms with Gasteiger partial charge in [0.15, 0.2) is 0 Å². The lowest BCUT2D eigenvalue weighted by atomic mass is 10.2. The second-order valence-corrected chi connectivity index (χ2v) is 5.48. The second-order valence-electron chi connectivity index (χ2n) is 3.78. The van der Waals surface area contributed by atoms with Gasteiger partial charge in [0.2, 0.25) is 0 Å². The minimum absolute atomic E-state index is 0.0367. The van der Waals surface area contributed by atoms with Crippen LogP contribution in [0.1, 0.15) is 0 Å². The van der Waals surface area contributed by atoms with Crippen molar-refractivity contribution in [3.63, 3.8) is 0 Å². The first-order valence-electron chi connectivity index (χ1n) is 5.21. The molecule has 104 valence electrons. The number of phenols is 1. The number of rotatable bonds is 6. The van der Waals surface area contributed by atoms with Crippen LogP contribution in [0.5, 0.6) is 5.75 Å². The van der Waals surface area contributed by atoms with Gasteiger partial charge >= 0.3 is 13.6 Å². The van der Waals surface area contributed by atoms with Gasteiger partial charge < -0.3 is 24.9 Å². The van der Waals surface area contributed by atoms with E-state index in [1.54, 1.807) is 0 Å². The van der Waals surface area contributed by atoms with Gasteiger partial charge in [0.05, 0.1) is 0 Å². The van der Waals surface area contributed by atoms with Crippen molar-refractivity contribution in [3.8, 4) is 5.75 Å². The number of anilines is 1. The Kier molecular flexibility index (Phi) is 4.72. The van der Waals surface area contributed by atoms with E-state index in [-0.39, 0.29) is 11.4 Å². The molecule has 0 fully saturated rings. The van der Waals surface area contributed by atoms with Crippen LogP contribution in [0.15, 0.2) is 36.9 Å². The van der Waals surface area contributed by atoms with Gasteiger partial charge in [0, 0.05) is 5.69 Å². The summed E-state index contributed by atoms with van der Waals surface area (Å²) in [5.74, 6) is -2.73. The topological polar surface area (TPSA) is 118 Å². The van der Waals surface area contributed by atoms with Crippen LogP contribution >= 0.6 is 7.60 Å². The highest BCUT2D eigenvalue weighted by atomic mass is 31.2. The molecule has 7 nitrogen and oxygen atoms in total. The molecule has 8 heteroatoms. The summed E-state index contributed by atoms with van der Waals surface area (Å²) in [5.41, 5.74) is 0.258. The molecule has 1 unspecified atom stereocenters. The Bertz CT molecular complexity index is 508. The number of hydrogen-bond donors (Lipinski definition) is 4. The fourth-order valence-corrected chi connectivity index (χ4v) is 2.43. The van der Waals surface area contributed by atoms with Gasteiger partial charge in [-0.3, -0.25) is 9.36 Å². The maximum Gasteiger partial charge on any atom is 0.351 e. The van der Waals surface area contributed by atoms with E-state index in [0.717, 1.165) is 11.0 Å². The van der Waals surface area contributed by atoms with Crippen LogP contribution in [0.4, 0.5) is 5.69 Å². The number of hydrogen-bond acceptors (Lipinski definition) is 4. The fourth-order valence-electron chi connectivity index (χ4n) is 1.57. The van der Waals surface area contributed by atoms with E-state index in [0.29, 0.717) is 0 Å². The monoisotopic (exact) mass is 287 g/mol. The van der Waals surface area contributed by atoms with Gasteiger partial charge in [-0.15, -0.1) is 6.58 Å². The van der Waals surface area contributed by atoms with E-state index in [1.807, 2.05) is 0 Å². The number of nitrogens with zero attached hydrogens (tertiary/aromatic N) is 1. The molecule has 0 amide bonds. The van der Waals surface area contributed by atoms with E-state index >= 15 is 0 Å². The van der Waals surface area contributed by atoms with Gasteiger partial charge in [-0.25, -0.2) is 0 Å². The van der Waals surface area contributed by atoms with E-state index in [1.165, 1.54) is 24.3 Å². The number of aliphatic carboxylic acids is 1. The lowest BCUT2D eigenvalue weighted by Gasteiger charge is -2.30. The molecular formula is C11H14NO6P. The first-order chi connectivity index (χ1) is 8.75. The Morgan fingerprint density at radius 3 is 2.26 bits per heavy atom. The SMILES string of the molecule is C=CC(N(CC(=O)O)c1ccc(O)cc1)P(=O)(O)O. The second kappa shape index (κ2) is 5.88. The molecule has 0 aromatic heterocycles. The zero-order valence-corrected chi connectivity index (χ0v) is 10.8. The summed E-state index contributed by atoms with van der Waals surface area (Å²) in [5, 5.41) is 18.0. The Balaban J connectivity index is 3.20. The molecule has 0 spiro atoms. The molecule has 0 aliphatic rings. The number of benzene rings is 1. The highest BCUT2D eigenvalue weighted by Crippen LogP contribution is 2.45. The van der Waals surface area contributed by atoms with Crippen molar-refractivity contribution in [3.05, 3.63) is 36.9 Å². The van der Waals surface area contributed by atoms with Gasteiger partial charge in [-0.05, 0) is 24.3 Å². The Morgan fingerprint density at radius 2 is 1.89 bits per heavy atom. The fraction of sp³-hybridized carbons (Fsp3) is 0.182. The van der Waals surface area contributed by atoms with E-state index < -0.39 is 25.9 Å². The third-order valence-electron chi connectivity index (χ3n) is 2.36. The Hall–Kier alpha value is -1.82. The summed E-state index contributed by atoms with van der Waals surface area (Å²) >= 11 is 0. The largest absolute Gasteiger partial charge is 0.508 e. The van der Waals surface area contributed by atoms with E-state index in [2.05, 4.69) is 6.58 Å². The predicted molar refractivity (Wildman–Crippen MR) is 69.1 cm³/mol. The molecule has 4 N–H and O–H groups in total. The summed E-state index contributed by atoms with van der Waals surface area (Å²) in [7, 11) is -4.58. The molecule has 1 aromatic rings. The smallest absolute Gasteiger partial charge is 0.351 e. The number of phenolic OH excluding ortho intramolecular Hbond substituents is 1. The van der Waals surface area contributed by atoms with Crippen LogP contribution in [-0.2, 0) is 9.36 Å². The summed E-state index contributed by atoms with van der Waals surface area (Å²) in [6.07, 6.45) is 0.997. The van der Waals surface area contributed by atoms with Gasteiger partial charge in [0.1, 0.15) is 18.1 Å². The van der Waals surface area contributed by atoms with Crippen molar-refractivity contribution in [2.45, 2.75) is 5.78 Å². The minimum Gasteiger partial charge on any atom is -0.508 e. The average molecular weight is 287 g/mol. The number of aromatic hydroxyl groups is 1. The van der Waals surface area contributed by atoms with Crippen molar-refractivity contribution < 1.29 is 29.4 Å². The number of carboxylic acid groups (broad SMARTS) is 1. The molecule has 0 bridgehead atoms. The first kappa shape index (κ1) is 15.2. The summed E-state index contributed by atoms with van der Waals surface area (Å²) in [4.78, 5) is 30.3. The Morgan fingerprint density at radius 1 is 1.37 bits per heavy atom. The Labute approximate surface area is 109 Å². The number of carbonyl (C=O) groups is 1. The molecule has 0 saturated carbocycles. The molecule has 19 heavy (non-hydrogen) atoms. The molecule has 0 radical (unpaired) electrons. The van der Waals surface area contributed by atoms with Gasteiger partial charge in [-0.1, -0.05) is 6.08 Å². The lowest BCUT2D eigenvalue weighted by molar-refractivity contribution is -0.135. The van der Waals surface area contributed by atoms with E-state index in [4.69, 9.17) is 10.2 Å². The third-order valence-corrected chi connectivity index (χ3v) is 3.54. The van der Waals surface area contributed by atoms with Crippen LogP contribution in [0, 0.1) is 0 Å². The molecule has 1 rings (SSSR count). The average Bonchev–Trinajstić information content (AvgIpc) is 2.27. The summed E-state index contributed by atoms with van der Waals surface area (Å²) in [6, 6.07) is 5.32. The van der Waals surface area contributed by atoms with Crippen LogP contribution < -0.4 is 4.90 Å². The van der Waals surface area contributed by atoms with Crippen molar-refractivity contribution in [1.82, 2.24) is 0 Å².